The molecule has 0 aliphatic carbocycles. The number of nitrogens with one attached hydrogen (secondary N) is 1. The zero-order valence-corrected chi connectivity index (χ0v) is 14.1. The first-order valence-electron chi connectivity index (χ1n) is 7.84. The van der Waals surface area contributed by atoms with Crippen molar-refractivity contribution in [2.24, 2.45) is 5.92 Å². The lowest BCUT2D eigenvalue weighted by molar-refractivity contribution is 0.220. The van der Waals surface area contributed by atoms with E-state index in [1.807, 2.05) is 26.0 Å². The van der Waals surface area contributed by atoms with Gasteiger partial charge in [-0.05, 0) is 37.8 Å². The Kier molecular flexibility index (Phi) is 5.97. The Morgan fingerprint density at radius 1 is 1.27 bits per heavy atom. The van der Waals surface area contributed by atoms with Gasteiger partial charge in [0.1, 0.15) is 0 Å². The summed E-state index contributed by atoms with van der Waals surface area (Å²) in [5.41, 5.74) is 1.06. The molecule has 5 nitrogen and oxygen atoms in total. The lowest BCUT2D eigenvalue weighted by Gasteiger charge is -2.32. The van der Waals surface area contributed by atoms with Gasteiger partial charge in [-0.1, -0.05) is 24.6 Å². The van der Waals surface area contributed by atoms with Crippen LogP contribution in [-0.4, -0.2) is 50.1 Å². The highest BCUT2D eigenvalue weighted by molar-refractivity contribution is 7.89. The molecule has 2 rings (SSSR count). The molecule has 0 radical (unpaired) electrons. The number of nitrogens with zero attached hydrogens (tertiary/aromatic N) is 1. The fourth-order valence-electron chi connectivity index (χ4n) is 2.59. The molecule has 1 aromatic rings. The van der Waals surface area contributed by atoms with E-state index in [0.29, 0.717) is 24.0 Å². The first-order chi connectivity index (χ1) is 10.4. The van der Waals surface area contributed by atoms with Crippen LogP contribution in [0.15, 0.2) is 29.2 Å². The smallest absolute Gasteiger partial charge is 0.243 e. The highest BCUT2D eigenvalue weighted by Gasteiger charge is 2.29. The molecule has 1 saturated heterocycles. The van der Waals surface area contributed by atoms with Crippen LogP contribution in [-0.2, 0) is 10.0 Å². The molecule has 2 N–H and O–H groups in total. The second-order valence-corrected chi connectivity index (χ2v) is 8.13. The van der Waals surface area contributed by atoms with Gasteiger partial charge in [-0.3, -0.25) is 0 Å². The molecule has 1 atom stereocenters. The Morgan fingerprint density at radius 2 is 1.86 bits per heavy atom. The molecule has 1 aliphatic heterocycles. The van der Waals surface area contributed by atoms with Crippen LogP contribution in [0.2, 0.25) is 0 Å². The van der Waals surface area contributed by atoms with E-state index in [2.05, 4.69) is 5.32 Å². The molecular formula is C16H26N2O3S. The molecular weight excluding hydrogens is 300 g/mol. The van der Waals surface area contributed by atoms with E-state index in [1.54, 1.807) is 16.4 Å². The zero-order chi connectivity index (χ0) is 16.2. The highest BCUT2D eigenvalue weighted by atomic mass is 32.2. The molecule has 0 spiro atoms. The van der Waals surface area contributed by atoms with Crippen molar-refractivity contribution in [1.82, 2.24) is 9.62 Å². The van der Waals surface area contributed by atoms with Gasteiger partial charge >= 0.3 is 0 Å². The van der Waals surface area contributed by atoms with Gasteiger partial charge in [-0.2, -0.15) is 4.31 Å². The van der Waals surface area contributed by atoms with E-state index >= 15 is 0 Å². The molecule has 1 aliphatic rings. The summed E-state index contributed by atoms with van der Waals surface area (Å²) in [6.45, 7) is 5.97. The van der Waals surface area contributed by atoms with E-state index in [9.17, 15) is 8.42 Å². The number of hydrogen-bond donors (Lipinski definition) is 2. The van der Waals surface area contributed by atoms with Crippen molar-refractivity contribution in [3.05, 3.63) is 29.8 Å². The summed E-state index contributed by atoms with van der Waals surface area (Å²) in [7, 11) is -3.37. The van der Waals surface area contributed by atoms with Gasteiger partial charge in [0.2, 0.25) is 10.0 Å². The average Bonchev–Trinajstić information content (AvgIpc) is 2.53. The van der Waals surface area contributed by atoms with Gasteiger partial charge in [0.15, 0.2) is 0 Å². The number of hydrogen-bond acceptors (Lipinski definition) is 4. The molecule has 0 amide bonds. The van der Waals surface area contributed by atoms with Crippen molar-refractivity contribution in [1.29, 1.82) is 0 Å². The molecule has 124 valence electrons. The maximum Gasteiger partial charge on any atom is 0.243 e. The van der Waals surface area contributed by atoms with Crippen LogP contribution in [0.1, 0.15) is 25.3 Å². The van der Waals surface area contributed by atoms with Crippen molar-refractivity contribution >= 4 is 10.0 Å². The minimum absolute atomic E-state index is 0.174. The number of piperidine rings is 1. The maximum atomic E-state index is 12.6. The van der Waals surface area contributed by atoms with Crippen molar-refractivity contribution in [2.45, 2.75) is 37.6 Å². The van der Waals surface area contributed by atoms with Crippen molar-refractivity contribution in [2.75, 3.05) is 26.2 Å². The normalized spacial score (nSPS) is 19.2. The number of benzene rings is 1. The van der Waals surface area contributed by atoms with Crippen LogP contribution >= 0.6 is 0 Å². The van der Waals surface area contributed by atoms with Gasteiger partial charge in [0, 0.05) is 32.3 Å². The van der Waals surface area contributed by atoms with Crippen LogP contribution in [0.4, 0.5) is 0 Å². The summed E-state index contributed by atoms with van der Waals surface area (Å²) in [6.07, 6.45) is 1.62. The Labute approximate surface area is 133 Å². The Balaban J connectivity index is 1.92. The molecule has 0 bridgehead atoms. The van der Waals surface area contributed by atoms with Crippen molar-refractivity contribution in [3.8, 4) is 0 Å². The predicted molar refractivity (Wildman–Crippen MR) is 87.2 cm³/mol. The third kappa shape index (κ3) is 4.29. The fraction of sp³-hybridized carbons (Fsp3) is 0.625. The molecule has 1 fully saturated rings. The molecule has 1 heterocycles. The Morgan fingerprint density at radius 3 is 2.41 bits per heavy atom. The van der Waals surface area contributed by atoms with E-state index in [0.717, 1.165) is 24.9 Å². The summed E-state index contributed by atoms with van der Waals surface area (Å²) in [5, 5.41) is 12.4. The van der Waals surface area contributed by atoms with Crippen LogP contribution in [0, 0.1) is 12.8 Å². The summed E-state index contributed by atoms with van der Waals surface area (Å²) in [4.78, 5) is 0.374. The van der Waals surface area contributed by atoms with E-state index in [1.165, 1.54) is 0 Å². The van der Waals surface area contributed by atoms with E-state index in [-0.39, 0.29) is 12.5 Å². The summed E-state index contributed by atoms with van der Waals surface area (Å²) in [5.74, 6) is 0.231. The number of sulfonamides is 1. The Bertz CT molecular complexity index is 564. The van der Waals surface area contributed by atoms with E-state index < -0.39 is 10.0 Å². The number of aliphatic hydroxyl groups is 1. The van der Waals surface area contributed by atoms with Crippen LogP contribution in [0.5, 0.6) is 0 Å². The molecule has 0 aromatic heterocycles. The molecule has 6 heteroatoms. The number of aliphatic hydroxyl groups excluding tert-OH is 1. The van der Waals surface area contributed by atoms with Crippen LogP contribution in [0.3, 0.4) is 0 Å². The highest BCUT2D eigenvalue weighted by Crippen LogP contribution is 2.21. The van der Waals surface area contributed by atoms with Gasteiger partial charge < -0.3 is 10.4 Å². The van der Waals surface area contributed by atoms with Gasteiger partial charge in [-0.25, -0.2) is 8.42 Å². The summed E-state index contributed by atoms with van der Waals surface area (Å²) >= 11 is 0. The SMILES string of the molecule is Cc1ccc(S(=O)(=O)N2CCC(NCC(C)CO)CC2)cc1. The first kappa shape index (κ1) is 17.4. The maximum absolute atomic E-state index is 12.6. The van der Waals surface area contributed by atoms with Crippen molar-refractivity contribution < 1.29 is 13.5 Å². The lowest BCUT2D eigenvalue weighted by Crippen LogP contribution is -2.45. The van der Waals surface area contributed by atoms with Crippen molar-refractivity contribution in [3.63, 3.8) is 0 Å². The fourth-order valence-corrected chi connectivity index (χ4v) is 4.06. The minimum Gasteiger partial charge on any atom is -0.396 e. The Hall–Kier alpha value is -0.950. The largest absolute Gasteiger partial charge is 0.396 e. The standard InChI is InChI=1S/C16H26N2O3S/c1-13-3-5-16(6-4-13)22(20,21)18-9-7-15(8-10-18)17-11-14(2)12-19/h3-6,14-15,17,19H,7-12H2,1-2H3. The summed E-state index contributed by atoms with van der Waals surface area (Å²) < 4.78 is 26.8. The first-order valence-corrected chi connectivity index (χ1v) is 9.28. The van der Waals surface area contributed by atoms with Gasteiger partial charge in [-0.15, -0.1) is 0 Å². The molecule has 1 aromatic carbocycles. The second kappa shape index (κ2) is 7.55. The number of rotatable bonds is 6. The zero-order valence-electron chi connectivity index (χ0n) is 13.3. The van der Waals surface area contributed by atoms with Crippen LogP contribution < -0.4 is 5.32 Å². The molecule has 1 unspecified atom stereocenters. The molecule has 0 saturated carbocycles. The minimum atomic E-state index is -3.37. The van der Waals surface area contributed by atoms with Gasteiger partial charge in [0.25, 0.3) is 0 Å². The predicted octanol–water partition coefficient (Wildman–Crippen LogP) is 1.37. The lowest BCUT2D eigenvalue weighted by atomic mass is 10.1. The monoisotopic (exact) mass is 326 g/mol. The quantitative estimate of drug-likeness (QED) is 0.828. The second-order valence-electron chi connectivity index (χ2n) is 6.19. The topological polar surface area (TPSA) is 69.6 Å². The molecule has 22 heavy (non-hydrogen) atoms. The van der Waals surface area contributed by atoms with Gasteiger partial charge in [0.05, 0.1) is 4.90 Å². The summed E-state index contributed by atoms with van der Waals surface area (Å²) in [6, 6.07) is 7.35. The third-order valence-corrected chi connectivity index (χ3v) is 6.09. The average molecular weight is 326 g/mol. The van der Waals surface area contributed by atoms with Crippen LogP contribution in [0.25, 0.3) is 0 Å². The third-order valence-electron chi connectivity index (χ3n) is 4.18. The number of aryl methyl sites for hydroxylation is 1. The van der Waals surface area contributed by atoms with E-state index in [4.69, 9.17) is 5.11 Å².